The van der Waals surface area contributed by atoms with Crippen LogP contribution in [0, 0.1) is 0 Å². The number of hydrogen-bond donors (Lipinski definition) is 0. The largest absolute Gasteiger partial charge is 0.494 e. The Labute approximate surface area is 116 Å². The third-order valence-electron chi connectivity index (χ3n) is 3.03. The summed E-state index contributed by atoms with van der Waals surface area (Å²) in [6.45, 7) is 4.39. The van der Waals surface area contributed by atoms with Crippen LogP contribution in [0.5, 0.6) is 5.75 Å². The smallest absolute Gasteiger partial charge is 0.159 e. The number of ketones is 1. The van der Waals surface area contributed by atoms with E-state index in [9.17, 15) is 4.79 Å². The molecule has 0 aliphatic carbocycles. The lowest BCUT2D eigenvalue weighted by Gasteiger charge is -2.06. The lowest BCUT2D eigenvalue weighted by molar-refractivity contribution is 0.101. The summed E-state index contributed by atoms with van der Waals surface area (Å²) in [4.78, 5) is 11.1. The Balaban J connectivity index is 2.10. The fraction of sp³-hybridized carbons (Fsp3) is 0.471. The monoisotopic (exact) mass is 260 g/mol. The third kappa shape index (κ3) is 6.80. The minimum absolute atomic E-state index is 0.0904. The molecule has 2 nitrogen and oxygen atoms in total. The molecule has 1 rings (SSSR count). The van der Waals surface area contributed by atoms with Gasteiger partial charge in [-0.15, -0.1) is 0 Å². The number of carbonyl (C=O) groups is 1. The molecule has 0 unspecified atom stereocenters. The first kappa shape index (κ1) is 15.5. The SMILES string of the molecule is CC=CCCCCCCOc1ccc(C(C)=O)cc1. The van der Waals surface area contributed by atoms with Crippen LogP contribution in [-0.4, -0.2) is 12.4 Å². The maximum atomic E-state index is 11.1. The van der Waals surface area contributed by atoms with Crippen LogP contribution < -0.4 is 4.74 Å². The number of carbonyl (C=O) groups excluding carboxylic acids is 1. The van der Waals surface area contributed by atoms with Crippen molar-refractivity contribution in [2.24, 2.45) is 0 Å². The Morgan fingerprint density at radius 2 is 1.79 bits per heavy atom. The number of ether oxygens (including phenoxy) is 1. The minimum Gasteiger partial charge on any atom is -0.494 e. The summed E-state index contributed by atoms with van der Waals surface area (Å²) < 4.78 is 5.64. The van der Waals surface area contributed by atoms with Gasteiger partial charge in [-0.2, -0.15) is 0 Å². The minimum atomic E-state index is 0.0904. The summed E-state index contributed by atoms with van der Waals surface area (Å²) in [6.07, 6.45) is 10.3. The van der Waals surface area contributed by atoms with Crippen LogP contribution >= 0.6 is 0 Å². The zero-order valence-corrected chi connectivity index (χ0v) is 12.0. The standard InChI is InChI=1S/C17H24O2/c1-3-4-5-6-7-8-9-14-19-17-12-10-16(11-13-17)15(2)18/h3-4,10-13H,5-9,14H2,1-2H3. The average molecular weight is 260 g/mol. The van der Waals surface area contributed by atoms with Crippen LogP contribution in [0.4, 0.5) is 0 Å². The predicted octanol–water partition coefficient (Wildman–Crippen LogP) is 4.79. The highest BCUT2D eigenvalue weighted by atomic mass is 16.5. The van der Waals surface area contributed by atoms with E-state index in [-0.39, 0.29) is 5.78 Å². The van der Waals surface area contributed by atoms with Crippen LogP contribution in [0.1, 0.15) is 56.3 Å². The summed E-state index contributed by atoms with van der Waals surface area (Å²) in [5, 5.41) is 0. The van der Waals surface area contributed by atoms with E-state index in [0.717, 1.165) is 24.3 Å². The zero-order chi connectivity index (χ0) is 13.9. The van der Waals surface area contributed by atoms with Crippen LogP contribution in [0.3, 0.4) is 0 Å². The van der Waals surface area contributed by atoms with Crippen molar-refractivity contribution in [3.05, 3.63) is 42.0 Å². The van der Waals surface area contributed by atoms with Gasteiger partial charge in [-0.1, -0.05) is 25.0 Å². The van der Waals surface area contributed by atoms with Gasteiger partial charge >= 0.3 is 0 Å². The summed E-state index contributed by atoms with van der Waals surface area (Å²) in [5.74, 6) is 0.937. The van der Waals surface area contributed by atoms with Crippen LogP contribution in [-0.2, 0) is 0 Å². The fourth-order valence-corrected chi connectivity index (χ4v) is 1.86. The molecule has 0 aromatic heterocycles. The molecular weight excluding hydrogens is 236 g/mol. The number of allylic oxidation sites excluding steroid dienone is 2. The first-order valence-electron chi connectivity index (χ1n) is 7.09. The number of unbranched alkanes of at least 4 members (excludes halogenated alkanes) is 4. The van der Waals surface area contributed by atoms with Crippen molar-refractivity contribution in [3.63, 3.8) is 0 Å². The second-order valence-electron chi connectivity index (χ2n) is 4.70. The highest BCUT2D eigenvalue weighted by Crippen LogP contribution is 2.13. The second kappa shape index (κ2) is 9.37. The van der Waals surface area contributed by atoms with Crippen molar-refractivity contribution >= 4 is 5.78 Å². The van der Waals surface area contributed by atoms with Gasteiger partial charge in [0.05, 0.1) is 6.61 Å². The van der Waals surface area contributed by atoms with Gasteiger partial charge in [-0.05, 0) is 57.4 Å². The molecule has 0 spiro atoms. The van der Waals surface area contributed by atoms with Crippen molar-refractivity contribution < 1.29 is 9.53 Å². The van der Waals surface area contributed by atoms with E-state index < -0.39 is 0 Å². The van der Waals surface area contributed by atoms with Crippen LogP contribution in [0.15, 0.2) is 36.4 Å². The first-order valence-corrected chi connectivity index (χ1v) is 7.09. The van der Waals surface area contributed by atoms with Gasteiger partial charge in [0.25, 0.3) is 0 Å². The molecule has 0 radical (unpaired) electrons. The zero-order valence-electron chi connectivity index (χ0n) is 12.0. The molecule has 1 aromatic carbocycles. The first-order chi connectivity index (χ1) is 9.24. The number of Topliss-reactive ketones (excluding diaryl/α,β-unsaturated/α-hetero) is 1. The molecule has 2 heteroatoms. The van der Waals surface area contributed by atoms with Gasteiger partial charge in [0.2, 0.25) is 0 Å². The highest BCUT2D eigenvalue weighted by Gasteiger charge is 1.99. The molecule has 19 heavy (non-hydrogen) atoms. The van der Waals surface area contributed by atoms with E-state index in [0.29, 0.717) is 0 Å². The van der Waals surface area contributed by atoms with Crippen molar-refractivity contribution in [2.75, 3.05) is 6.61 Å². The summed E-state index contributed by atoms with van der Waals surface area (Å²) in [6, 6.07) is 7.36. The molecule has 0 bridgehead atoms. The third-order valence-corrected chi connectivity index (χ3v) is 3.03. The molecule has 1 aromatic rings. The summed E-state index contributed by atoms with van der Waals surface area (Å²) >= 11 is 0. The molecule has 0 aliphatic heterocycles. The van der Waals surface area contributed by atoms with E-state index in [2.05, 4.69) is 19.1 Å². The molecule has 0 N–H and O–H groups in total. The normalized spacial score (nSPS) is 10.8. The van der Waals surface area contributed by atoms with Gasteiger partial charge in [0.1, 0.15) is 5.75 Å². The Morgan fingerprint density at radius 1 is 1.11 bits per heavy atom. The molecule has 0 amide bonds. The van der Waals surface area contributed by atoms with Crippen molar-refractivity contribution in [3.8, 4) is 5.75 Å². The average Bonchev–Trinajstić information content (AvgIpc) is 2.42. The number of rotatable bonds is 9. The van der Waals surface area contributed by atoms with Gasteiger partial charge in [-0.3, -0.25) is 4.79 Å². The van der Waals surface area contributed by atoms with E-state index in [1.165, 1.54) is 25.7 Å². The molecule has 0 fully saturated rings. The number of hydrogen-bond acceptors (Lipinski definition) is 2. The maximum absolute atomic E-state index is 11.1. The Kier molecular flexibility index (Phi) is 7.64. The Bertz CT molecular complexity index is 390. The van der Waals surface area contributed by atoms with Gasteiger partial charge in [-0.25, -0.2) is 0 Å². The van der Waals surface area contributed by atoms with Crippen molar-refractivity contribution in [1.29, 1.82) is 0 Å². The summed E-state index contributed by atoms with van der Waals surface area (Å²) in [5.41, 5.74) is 0.733. The highest BCUT2D eigenvalue weighted by molar-refractivity contribution is 5.94. The quantitative estimate of drug-likeness (QED) is 0.362. The molecule has 0 saturated carbocycles. The summed E-state index contributed by atoms with van der Waals surface area (Å²) in [7, 11) is 0. The lowest BCUT2D eigenvalue weighted by Crippen LogP contribution is -1.98. The van der Waals surface area contributed by atoms with Crippen LogP contribution in [0.2, 0.25) is 0 Å². The van der Waals surface area contributed by atoms with Crippen molar-refractivity contribution in [1.82, 2.24) is 0 Å². The fourth-order valence-electron chi connectivity index (χ4n) is 1.86. The van der Waals surface area contributed by atoms with Crippen molar-refractivity contribution in [2.45, 2.75) is 46.0 Å². The Hall–Kier alpha value is -1.57. The second-order valence-corrected chi connectivity index (χ2v) is 4.70. The molecule has 0 aliphatic rings. The maximum Gasteiger partial charge on any atom is 0.159 e. The van der Waals surface area contributed by atoms with Gasteiger partial charge in [0.15, 0.2) is 5.78 Å². The predicted molar refractivity (Wildman–Crippen MR) is 79.8 cm³/mol. The van der Waals surface area contributed by atoms with Crippen LogP contribution in [0.25, 0.3) is 0 Å². The molecular formula is C17H24O2. The topological polar surface area (TPSA) is 26.3 Å². The van der Waals surface area contributed by atoms with E-state index in [4.69, 9.17) is 4.74 Å². The molecule has 0 heterocycles. The van der Waals surface area contributed by atoms with E-state index in [1.807, 2.05) is 24.3 Å². The van der Waals surface area contributed by atoms with Gasteiger partial charge in [0, 0.05) is 5.56 Å². The van der Waals surface area contributed by atoms with E-state index in [1.54, 1.807) is 6.92 Å². The number of benzene rings is 1. The molecule has 104 valence electrons. The molecule has 0 atom stereocenters. The lowest BCUT2D eigenvalue weighted by atomic mass is 10.1. The molecule has 0 saturated heterocycles. The Morgan fingerprint density at radius 3 is 2.42 bits per heavy atom. The van der Waals surface area contributed by atoms with Gasteiger partial charge < -0.3 is 4.74 Å². The van der Waals surface area contributed by atoms with E-state index >= 15 is 0 Å².